The molecule has 0 spiro atoms. The Bertz CT molecular complexity index is 376. The largest absolute Gasteiger partial charge is 0.378 e. The van der Waals surface area contributed by atoms with E-state index in [4.69, 9.17) is 4.74 Å². The van der Waals surface area contributed by atoms with Crippen LogP contribution < -0.4 is 5.32 Å². The van der Waals surface area contributed by atoms with Crippen LogP contribution >= 0.6 is 0 Å². The Balaban J connectivity index is 1.52. The van der Waals surface area contributed by atoms with Gasteiger partial charge in [-0.1, -0.05) is 18.6 Å². The Hall–Kier alpha value is -0.980. The summed E-state index contributed by atoms with van der Waals surface area (Å²) in [4.78, 5) is 2.50. The maximum Gasteiger partial charge on any atom is 0.0964 e. The number of rotatable bonds is 10. The summed E-state index contributed by atoms with van der Waals surface area (Å²) in [5.41, 5.74) is 0.997. The van der Waals surface area contributed by atoms with E-state index in [-0.39, 0.29) is 0 Å². The van der Waals surface area contributed by atoms with Crippen LogP contribution in [0, 0.1) is 0 Å². The highest BCUT2D eigenvalue weighted by Gasteiger charge is 2.09. The molecule has 0 amide bonds. The third-order valence-electron chi connectivity index (χ3n) is 3.78. The number of nitrogens with zero attached hydrogens (tertiary/aromatic N) is 4. The molecule has 0 saturated carbocycles. The molecule has 0 radical (unpaired) electrons. The molecule has 1 fully saturated rings. The average Bonchev–Trinajstić information content (AvgIpc) is 2.96. The van der Waals surface area contributed by atoms with Crippen LogP contribution in [0.25, 0.3) is 0 Å². The maximum atomic E-state index is 5.70. The number of aromatic nitrogens is 3. The zero-order valence-corrected chi connectivity index (χ0v) is 13.3. The van der Waals surface area contributed by atoms with Crippen molar-refractivity contribution in [2.45, 2.75) is 45.7 Å². The van der Waals surface area contributed by atoms with E-state index in [2.05, 4.69) is 27.5 Å². The molecule has 0 atom stereocenters. The molecule has 1 saturated heterocycles. The highest BCUT2D eigenvalue weighted by Crippen LogP contribution is 2.07. The minimum absolute atomic E-state index is 0.707. The number of piperidine rings is 1. The lowest BCUT2D eigenvalue weighted by Crippen LogP contribution is -2.32. The van der Waals surface area contributed by atoms with E-state index >= 15 is 0 Å². The van der Waals surface area contributed by atoms with Gasteiger partial charge in [-0.3, -0.25) is 0 Å². The van der Waals surface area contributed by atoms with Gasteiger partial charge in [-0.15, -0.1) is 5.10 Å². The van der Waals surface area contributed by atoms with Gasteiger partial charge in [0.1, 0.15) is 0 Å². The van der Waals surface area contributed by atoms with Crippen LogP contribution in [0.2, 0.25) is 0 Å². The van der Waals surface area contributed by atoms with Crippen molar-refractivity contribution >= 4 is 0 Å². The first kappa shape index (κ1) is 16.4. The number of likely N-dealkylation sites (tertiary alicyclic amines) is 1. The summed E-state index contributed by atoms with van der Waals surface area (Å²) < 4.78 is 7.57. The quantitative estimate of drug-likeness (QED) is 0.659. The standard InChI is InChI=1S/C15H29N5O/c1-2-6-16-13-15-14-20(18-17-15)10-12-21-11-9-19-7-4-3-5-8-19/h14,16H,2-13H2,1H3. The third kappa shape index (κ3) is 6.54. The molecule has 2 rings (SSSR count). The summed E-state index contributed by atoms with van der Waals surface area (Å²) in [7, 11) is 0. The van der Waals surface area contributed by atoms with Crippen LogP contribution in [-0.4, -0.2) is 59.3 Å². The summed E-state index contributed by atoms with van der Waals surface area (Å²) in [5.74, 6) is 0. The fourth-order valence-corrected chi connectivity index (χ4v) is 2.56. The lowest BCUT2D eigenvalue weighted by Gasteiger charge is -2.26. The van der Waals surface area contributed by atoms with E-state index in [0.29, 0.717) is 6.61 Å². The van der Waals surface area contributed by atoms with Gasteiger partial charge in [-0.25, -0.2) is 4.68 Å². The normalized spacial score (nSPS) is 16.4. The van der Waals surface area contributed by atoms with Crippen LogP contribution in [0.1, 0.15) is 38.3 Å². The maximum absolute atomic E-state index is 5.70. The van der Waals surface area contributed by atoms with E-state index in [1.54, 1.807) is 0 Å². The molecule has 2 heterocycles. The molecule has 0 aromatic carbocycles. The minimum atomic E-state index is 0.707. The Morgan fingerprint density at radius 1 is 1.19 bits per heavy atom. The minimum Gasteiger partial charge on any atom is -0.378 e. The Labute approximate surface area is 127 Å². The first-order valence-corrected chi connectivity index (χ1v) is 8.28. The first-order chi connectivity index (χ1) is 10.4. The molecule has 0 unspecified atom stereocenters. The van der Waals surface area contributed by atoms with Crippen LogP contribution in [0.15, 0.2) is 6.20 Å². The second-order valence-corrected chi connectivity index (χ2v) is 5.66. The highest BCUT2D eigenvalue weighted by atomic mass is 16.5. The predicted octanol–water partition coefficient (Wildman–Crippen LogP) is 1.28. The van der Waals surface area contributed by atoms with Crippen LogP contribution in [0.5, 0.6) is 0 Å². The molecule has 120 valence electrons. The summed E-state index contributed by atoms with van der Waals surface area (Å²) in [6.45, 7) is 9.81. The van der Waals surface area contributed by atoms with Crippen molar-refractivity contribution < 1.29 is 4.74 Å². The second kappa shape index (κ2) is 9.87. The number of nitrogens with one attached hydrogen (secondary N) is 1. The summed E-state index contributed by atoms with van der Waals surface area (Å²) >= 11 is 0. The van der Waals surface area contributed by atoms with Gasteiger partial charge in [0.25, 0.3) is 0 Å². The average molecular weight is 295 g/mol. The van der Waals surface area contributed by atoms with E-state index in [9.17, 15) is 0 Å². The Morgan fingerprint density at radius 3 is 2.81 bits per heavy atom. The topological polar surface area (TPSA) is 55.2 Å². The molecule has 1 aliphatic rings. The highest BCUT2D eigenvalue weighted by molar-refractivity contribution is 4.91. The smallest absolute Gasteiger partial charge is 0.0964 e. The lowest BCUT2D eigenvalue weighted by molar-refractivity contribution is 0.0896. The lowest BCUT2D eigenvalue weighted by atomic mass is 10.1. The van der Waals surface area contributed by atoms with Gasteiger partial charge in [0, 0.05) is 19.3 Å². The molecule has 1 N–H and O–H groups in total. The monoisotopic (exact) mass is 295 g/mol. The molecular formula is C15H29N5O. The van der Waals surface area contributed by atoms with Gasteiger partial charge in [0.15, 0.2) is 0 Å². The molecule has 1 aromatic heterocycles. The van der Waals surface area contributed by atoms with Crippen LogP contribution in [0.4, 0.5) is 0 Å². The van der Waals surface area contributed by atoms with Crippen molar-refractivity contribution in [1.82, 2.24) is 25.2 Å². The first-order valence-electron chi connectivity index (χ1n) is 8.28. The van der Waals surface area contributed by atoms with E-state index < -0.39 is 0 Å². The zero-order chi connectivity index (χ0) is 14.8. The summed E-state index contributed by atoms with van der Waals surface area (Å²) in [5, 5.41) is 11.6. The summed E-state index contributed by atoms with van der Waals surface area (Å²) in [6.07, 6.45) is 7.20. The van der Waals surface area contributed by atoms with Crippen molar-refractivity contribution in [3.05, 3.63) is 11.9 Å². The van der Waals surface area contributed by atoms with Gasteiger partial charge in [-0.2, -0.15) is 0 Å². The molecular weight excluding hydrogens is 266 g/mol. The van der Waals surface area contributed by atoms with E-state index in [1.807, 2.05) is 10.9 Å². The van der Waals surface area contributed by atoms with Gasteiger partial charge in [-0.05, 0) is 38.9 Å². The van der Waals surface area contributed by atoms with E-state index in [1.165, 1.54) is 32.4 Å². The SMILES string of the molecule is CCCNCc1cn(CCOCCN2CCCCC2)nn1. The van der Waals surface area contributed by atoms with Gasteiger partial charge in [0.05, 0.1) is 25.5 Å². The molecule has 6 nitrogen and oxygen atoms in total. The van der Waals surface area contributed by atoms with Gasteiger partial charge >= 0.3 is 0 Å². The predicted molar refractivity (Wildman–Crippen MR) is 83.1 cm³/mol. The molecule has 0 bridgehead atoms. The third-order valence-corrected chi connectivity index (χ3v) is 3.78. The Kier molecular flexibility index (Phi) is 7.70. The zero-order valence-electron chi connectivity index (χ0n) is 13.3. The molecule has 1 aromatic rings. The van der Waals surface area contributed by atoms with Crippen molar-refractivity contribution in [1.29, 1.82) is 0 Å². The van der Waals surface area contributed by atoms with E-state index in [0.717, 1.165) is 44.9 Å². The molecule has 21 heavy (non-hydrogen) atoms. The number of hydrogen-bond donors (Lipinski definition) is 1. The van der Waals surface area contributed by atoms with Crippen molar-refractivity contribution in [3.8, 4) is 0 Å². The van der Waals surface area contributed by atoms with Crippen molar-refractivity contribution in [2.24, 2.45) is 0 Å². The molecule has 1 aliphatic heterocycles. The molecule has 0 aliphatic carbocycles. The number of hydrogen-bond acceptors (Lipinski definition) is 5. The van der Waals surface area contributed by atoms with Crippen LogP contribution in [0.3, 0.4) is 0 Å². The number of ether oxygens (including phenoxy) is 1. The Morgan fingerprint density at radius 2 is 2.00 bits per heavy atom. The summed E-state index contributed by atoms with van der Waals surface area (Å²) in [6, 6.07) is 0. The molecule has 6 heteroatoms. The fourth-order valence-electron chi connectivity index (χ4n) is 2.56. The van der Waals surface area contributed by atoms with Crippen molar-refractivity contribution in [3.63, 3.8) is 0 Å². The van der Waals surface area contributed by atoms with Crippen LogP contribution in [-0.2, 0) is 17.8 Å². The fraction of sp³-hybridized carbons (Fsp3) is 0.867. The second-order valence-electron chi connectivity index (χ2n) is 5.66. The van der Waals surface area contributed by atoms with Crippen molar-refractivity contribution in [2.75, 3.05) is 39.4 Å². The van der Waals surface area contributed by atoms with Gasteiger partial charge in [0.2, 0.25) is 0 Å². The van der Waals surface area contributed by atoms with Gasteiger partial charge < -0.3 is 15.0 Å².